The van der Waals surface area contributed by atoms with Gasteiger partial charge in [0.25, 0.3) is 0 Å². The van der Waals surface area contributed by atoms with Gasteiger partial charge in [0.1, 0.15) is 11.4 Å². The van der Waals surface area contributed by atoms with Gasteiger partial charge in [0.15, 0.2) is 0 Å². The number of alkyl carbamates (subject to hydrolysis) is 1. The van der Waals surface area contributed by atoms with Gasteiger partial charge in [-0.25, -0.2) is 19.2 Å². The van der Waals surface area contributed by atoms with E-state index in [-0.39, 0.29) is 17.9 Å². The molecule has 0 spiro atoms. The zero-order valence-electron chi connectivity index (χ0n) is 20.1. The van der Waals surface area contributed by atoms with Crippen LogP contribution in [0.2, 0.25) is 0 Å². The number of aromatic nitrogens is 4. The number of anilines is 1. The fourth-order valence-corrected chi connectivity index (χ4v) is 4.59. The van der Waals surface area contributed by atoms with Crippen molar-refractivity contribution in [2.75, 3.05) is 5.32 Å². The predicted octanol–water partition coefficient (Wildman–Crippen LogP) is 5.56. The molecule has 0 bridgehead atoms. The maximum atomic E-state index is 14.3. The smallest absolute Gasteiger partial charge is 0.407 e. The Morgan fingerprint density at radius 2 is 1.91 bits per heavy atom. The summed E-state index contributed by atoms with van der Waals surface area (Å²) in [4.78, 5) is 29.1. The topological polar surface area (TPSA) is 105 Å². The number of benzene rings is 1. The number of carbonyl (C=O) groups is 1. The third kappa shape index (κ3) is 5.03. The van der Waals surface area contributed by atoms with E-state index in [4.69, 9.17) is 9.72 Å². The van der Waals surface area contributed by atoms with Crippen LogP contribution >= 0.6 is 0 Å². The Hall–Kier alpha value is -3.75. The molecule has 0 radical (unpaired) electrons. The first-order valence-corrected chi connectivity index (χ1v) is 11.9. The predicted molar refractivity (Wildman–Crippen MR) is 134 cm³/mol. The maximum absolute atomic E-state index is 14.3. The van der Waals surface area contributed by atoms with Crippen molar-refractivity contribution in [2.45, 2.75) is 64.1 Å². The summed E-state index contributed by atoms with van der Waals surface area (Å²) in [6.45, 7) is 5.54. The normalized spacial score (nSPS) is 18.5. The molecular weight excluding hydrogens is 447 g/mol. The van der Waals surface area contributed by atoms with E-state index in [1.807, 2.05) is 32.9 Å². The molecule has 4 aromatic rings. The minimum absolute atomic E-state index is 0.0267. The van der Waals surface area contributed by atoms with Crippen molar-refractivity contribution in [3.05, 3.63) is 48.7 Å². The molecule has 1 amide bonds. The SMILES string of the molecule is CC(C)(C)OC(=O)N[C@H]1CCCC[C@H]1Nc1ncc2cncc(-c3cc4cccc(F)c4[nH]3)c2n1. The van der Waals surface area contributed by atoms with Crippen LogP contribution in [0.5, 0.6) is 0 Å². The average molecular weight is 477 g/mol. The molecule has 2 atom stereocenters. The number of fused-ring (bicyclic) bond motifs is 2. The summed E-state index contributed by atoms with van der Waals surface area (Å²) >= 11 is 0. The summed E-state index contributed by atoms with van der Waals surface area (Å²) in [7, 11) is 0. The number of aromatic amines is 1. The molecule has 3 aromatic heterocycles. The number of hydrogen-bond donors (Lipinski definition) is 3. The molecule has 5 rings (SSSR count). The third-order valence-corrected chi connectivity index (χ3v) is 6.17. The number of para-hydroxylation sites is 1. The van der Waals surface area contributed by atoms with E-state index in [1.165, 1.54) is 6.07 Å². The fraction of sp³-hybridized carbons (Fsp3) is 0.385. The van der Waals surface area contributed by atoms with Crippen LogP contribution in [-0.2, 0) is 4.74 Å². The molecule has 0 unspecified atom stereocenters. The van der Waals surface area contributed by atoms with Gasteiger partial charge in [-0.3, -0.25) is 4.98 Å². The van der Waals surface area contributed by atoms with Gasteiger partial charge < -0.3 is 20.4 Å². The van der Waals surface area contributed by atoms with Gasteiger partial charge in [0, 0.05) is 41.0 Å². The van der Waals surface area contributed by atoms with E-state index in [2.05, 4.69) is 25.6 Å². The van der Waals surface area contributed by atoms with Crippen LogP contribution in [0.4, 0.5) is 15.1 Å². The minimum atomic E-state index is -0.556. The van der Waals surface area contributed by atoms with Crippen LogP contribution in [0.25, 0.3) is 33.1 Å². The lowest BCUT2D eigenvalue weighted by atomic mass is 9.90. The molecule has 1 fully saturated rings. The Morgan fingerprint density at radius 3 is 2.69 bits per heavy atom. The lowest BCUT2D eigenvalue weighted by molar-refractivity contribution is 0.0488. The van der Waals surface area contributed by atoms with E-state index in [0.717, 1.165) is 47.7 Å². The highest BCUT2D eigenvalue weighted by molar-refractivity contribution is 5.95. The molecule has 0 aliphatic heterocycles. The highest BCUT2D eigenvalue weighted by Crippen LogP contribution is 2.30. The van der Waals surface area contributed by atoms with Gasteiger partial charge >= 0.3 is 6.09 Å². The lowest BCUT2D eigenvalue weighted by Gasteiger charge is -2.33. The number of amides is 1. The van der Waals surface area contributed by atoms with Crippen LogP contribution in [0.3, 0.4) is 0 Å². The van der Waals surface area contributed by atoms with Crippen molar-refractivity contribution in [3.8, 4) is 11.3 Å². The summed E-state index contributed by atoms with van der Waals surface area (Å²) in [6.07, 6.45) is 8.54. The monoisotopic (exact) mass is 476 g/mol. The van der Waals surface area contributed by atoms with Crippen LogP contribution in [-0.4, -0.2) is 43.7 Å². The molecule has 1 aliphatic carbocycles. The van der Waals surface area contributed by atoms with Gasteiger partial charge in [-0.2, -0.15) is 0 Å². The molecule has 3 heterocycles. The van der Waals surface area contributed by atoms with Gasteiger partial charge in [0.05, 0.1) is 22.8 Å². The summed E-state index contributed by atoms with van der Waals surface area (Å²) < 4.78 is 19.7. The second kappa shape index (κ2) is 9.13. The molecule has 1 aliphatic rings. The molecule has 35 heavy (non-hydrogen) atoms. The standard InChI is InChI=1S/C26H29FN6O2/c1-26(2,3)35-25(34)32-20-10-5-4-9-19(20)31-24-29-13-16-12-28-14-17(22(16)33-24)21-11-15-7-6-8-18(27)23(15)30-21/h6-8,11-14,19-20,30H,4-5,9-10H2,1-3H3,(H,32,34)(H,29,31,33)/t19-,20+/m1/s1. The number of pyridine rings is 1. The quantitative estimate of drug-likeness (QED) is 0.356. The maximum Gasteiger partial charge on any atom is 0.407 e. The molecule has 1 saturated carbocycles. The van der Waals surface area contributed by atoms with Gasteiger partial charge in [0.2, 0.25) is 5.95 Å². The molecule has 182 valence electrons. The zero-order chi connectivity index (χ0) is 24.6. The number of carbonyl (C=O) groups excluding carboxylic acids is 1. The van der Waals surface area contributed by atoms with Crippen LogP contribution in [0.1, 0.15) is 46.5 Å². The van der Waals surface area contributed by atoms with Gasteiger partial charge in [-0.15, -0.1) is 0 Å². The van der Waals surface area contributed by atoms with Gasteiger partial charge in [-0.1, -0.05) is 25.0 Å². The second-order valence-electron chi connectivity index (χ2n) is 9.99. The first-order valence-electron chi connectivity index (χ1n) is 11.9. The zero-order valence-corrected chi connectivity index (χ0v) is 20.1. The van der Waals surface area contributed by atoms with Crippen molar-refractivity contribution < 1.29 is 13.9 Å². The van der Waals surface area contributed by atoms with E-state index < -0.39 is 11.7 Å². The Morgan fingerprint density at radius 1 is 1.11 bits per heavy atom. The number of nitrogens with zero attached hydrogens (tertiary/aromatic N) is 3. The summed E-state index contributed by atoms with van der Waals surface area (Å²) in [5.41, 5.74) is 2.09. The first kappa shape index (κ1) is 23.0. The van der Waals surface area contributed by atoms with Gasteiger partial charge in [-0.05, 0) is 45.7 Å². The number of hydrogen-bond acceptors (Lipinski definition) is 6. The first-order chi connectivity index (χ1) is 16.8. The summed E-state index contributed by atoms with van der Waals surface area (Å²) in [6, 6.07) is 6.76. The fourth-order valence-electron chi connectivity index (χ4n) is 4.59. The molecule has 0 saturated heterocycles. The second-order valence-corrected chi connectivity index (χ2v) is 9.99. The Labute approximate surface area is 202 Å². The Kier molecular flexibility index (Phi) is 6.00. The van der Waals surface area contributed by atoms with E-state index in [1.54, 1.807) is 24.7 Å². The van der Waals surface area contributed by atoms with Crippen molar-refractivity contribution in [2.24, 2.45) is 0 Å². The van der Waals surface area contributed by atoms with Crippen molar-refractivity contribution in [1.82, 2.24) is 25.3 Å². The molecular formula is C26H29FN6O2. The van der Waals surface area contributed by atoms with Crippen molar-refractivity contribution >= 4 is 33.8 Å². The molecule has 1 aromatic carbocycles. The minimum Gasteiger partial charge on any atom is -0.444 e. The summed E-state index contributed by atoms with van der Waals surface area (Å²) in [5, 5.41) is 7.99. The lowest BCUT2D eigenvalue weighted by Crippen LogP contribution is -2.50. The largest absolute Gasteiger partial charge is 0.444 e. The Balaban J connectivity index is 1.42. The highest BCUT2D eigenvalue weighted by atomic mass is 19.1. The number of halogens is 1. The van der Waals surface area contributed by atoms with Crippen molar-refractivity contribution in [3.63, 3.8) is 0 Å². The van der Waals surface area contributed by atoms with Crippen LogP contribution in [0.15, 0.2) is 42.9 Å². The number of H-pyrrole nitrogens is 1. The third-order valence-electron chi connectivity index (χ3n) is 6.17. The van der Waals surface area contributed by atoms with E-state index in [0.29, 0.717) is 17.0 Å². The number of ether oxygens (including phenoxy) is 1. The Bertz CT molecular complexity index is 1380. The average Bonchev–Trinajstić information content (AvgIpc) is 3.24. The highest BCUT2D eigenvalue weighted by Gasteiger charge is 2.29. The number of nitrogens with one attached hydrogen (secondary N) is 3. The molecule has 9 heteroatoms. The van der Waals surface area contributed by atoms with E-state index >= 15 is 0 Å². The van der Waals surface area contributed by atoms with Crippen LogP contribution < -0.4 is 10.6 Å². The van der Waals surface area contributed by atoms with E-state index in [9.17, 15) is 9.18 Å². The van der Waals surface area contributed by atoms with Crippen LogP contribution in [0, 0.1) is 5.82 Å². The molecule has 3 N–H and O–H groups in total. The number of rotatable bonds is 4. The molecule has 8 nitrogen and oxygen atoms in total. The van der Waals surface area contributed by atoms with Crippen molar-refractivity contribution in [1.29, 1.82) is 0 Å². The summed E-state index contributed by atoms with van der Waals surface area (Å²) in [5.74, 6) is 0.162.